The lowest BCUT2D eigenvalue weighted by Crippen LogP contribution is -2.38. The van der Waals surface area contributed by atoms with Crippen LogP contribution in [-0.2, 0) is 13.0 Å². The molecular formula is C18H24N2O. The first kappa shape index (κ1) is 13.4. The molecule has 4 rings (SSSR count). The average molecular weight is 284 g/mol. The van der Waals surface area contributed by atoms with Crippen LogP contribution in [0, 0.1) is 0 Å². The molecule has 3 nitrogen and oxygen atoms in total. The summed E-state index contributed by atoms with van der Waals surface area (Å²) in [4.78, 5) is 2.66. The standard InChI is InChI=1S/C18H24N2O/c1-2-17-14(13-6-3-4-8-18(13)21-17)12-19-15-9-11-20-10-5-7-16(15)20/h3-4,6,8,15-16,19H,2,5,7,9-12H2,1H3. The lowest BCUT2D eigenvalue weighted by molar-refractivity contribution is 0.298. The van der Waals surface area contributed by atoms with Crippen LogP contribution in [0.2, 0.25) is 0 Å². The number of furan rings is 1. The number of nitrogens with one attached hydrogen (secondary N) is 1. The fourth-order valence-corrected chi connectivity index (χ4v) is 4.18. The molecule has 2 fully saturated rings. The van der Waals surface area contributed by atoms with Crippen molar-refractivity contribution in [3.63, 3.8) is 0 Å². The van der Waals surface area contributed by atoms with Gasteiger partial charge in [-0.15, -0.1) is 0 Å². The predicted octanol–water partition coefficient (Wildman–Crippen LogP) is 3.32. The van der Waals surface area contributed by atoms with Gasteiger partial charge in [-0.05, 0) is 31.9 Å². The molecule has 2 aliphatic heterocycles. The monoisotopic (exact) mass is 284 g/mol. The Hall–Kier alpha value is -1.32. The zero-order valence-corrected chi connectivity index (χ0v) is 12.8. The third-order valence-electron chi connectivity index (χ3n) is 5.25. The number of benzene rings is 1. The second-order valence-electron chi connectivity index (χ2n) is 6.38. The highest BCUT2D eigenvalue weighted by Crippen LogP contribution is 2.30. The minimum Gasteiger partial charge on any atom is -0.461 e. The van der Waals surface area contributed by atoms with Gasteiger partial charge in [0.2, 0.25) is 0 Å². The maximum Gasteiger partial charge on any atom is 0.134 e. The van der Waals surface area contributed by atoms with E-state index in [1.54, 1.807) is 0 Å². The minimum absolute atomic E-state index is 0.658. The quantitative estimate of drug-likeness (QED) is 0.933. The van der Waals surface area contributed by atoms with Crippen molar-refractivity contribution in [2.45, 2.75) is 51.2 Å². The SMILES string of the molecule is CCc1oc2ccccc2c1CNC1CCN2CCCC12. The van der Waals surface area contributed by atoms with Gasteiger partial charge in [0.05, 0.1) is 0 Å². The van der Waals surface area contributed by atoms with Gasteiger partial charge in [0, 0.05) is 42.5 Å². The van der Waals surface area contributed by atoms with Gasteiger partial charge in [0.25, 0.3) is 0 Å². The molecule has 3 heteroatoms. The average Bonchev–Trinajstić information content (AvgIpc) is 3.19. The van der Waals surface area contributed by atoms with Crippen molar-refractivity contribution in [1.29, 1.82) is 0 Å². The van der Waals surface area contributed by atoms with Gasteiger partial charge >= 0.3 is 0 Å². The van der Waals surface area contributed by atoms with Crippen LogP contribution >= 0.6 is 0 Å². The van der Waals surface area contributed by atoms with E-state index in [2.05, 4.69) is 41.4 Å². The van der Waals surface area contributed by atoms with E-state index in [1.165, 1.54) is 43.3 Å². The summed E-state index contributed by atoms with van der Waals surface area (Å²) >= 11 is 0. The second kappa shape index (κ2) is 5.47. The Balaban J connectivity index is 1.54. The number of rotatable bonds is 4. The van der Waals surface area contributed by atoms with Crippen LogP contribution < -0.4 is 5.32 Å². The van der Waals surface area contributed by atoms with E-state index in [-0.39, 0.29) is 0 Å². The van der Waals surface area contributed by atoms with Crippen LogP contribution in [-0.4, -0.2) is 30.1 Å². The molecule has 1 aromatic heterocycles. The van der Waals surface area contributed by atoms with Gasteiger partial charge in [0.15, 0.2) is 0 Å². The highest BCUT2D eigenvalue weighted by atomic mass is 16.3. The van der Waals surface area contributed by atoms with Crippen molar-refractivity contribution in [3.8, 4) is 0 Å². The molecule has 2 unspecified atom stereocenters. The number of fused-ring (bicyclic) bond motifs is 2. The molecule has 2 aliphatic rings. The van der Waals surface area contributed by atoms with Gasteiger partial charge in [-0.3, -0.25) is 4.90 Å². The number of nitrogens with zero attached hydrogens (tertiary/aromatic N) is 1. The van der Waals surface area contributed by atoms with Crippen molar-refractivity contribution in [1.82, 2.24) is 10.2 Å². The molecule has 0 aliphatic carbocycles. The summed E-state index contributed by atoms with van der Waals surface area (Å²) in [6, 6.07) is 9.85. The van der Waals surface area contributed by atoms with E-state index in [1.807, 2.05) is 0 Å². The zero-order valence-electron chi connectivity index (χ0n) is 12.8. The Morgan fingerprint density at radius 1 is 1.24 bits per heavy atom. The van der Waals surface area contributed by atoms with Crippen LogP contribution in [0.3, 0.4) is 0 Å². The van der Waals surface area contributed by atoms with Gasteiger partial charge < -0.3 is 9.73 Å². The highest BCUT2D eigenvalue weighted by Gasteiger charge is 2.36. The fraction of sp³-hybridized carbons (Fsp3) is 0.556. The van der Waals surface area contributed by atoms with Gasteiger partial charge in [-0.25, -0.2) is 0 Å². The number of para-hydroxylation sites is 1. The van der Waals surface area contributed by atoms with Crippen molar-refractivity contribution >= 4 is 11.0 Å². The van der Waals surface area contributed by atoms with E-state index >= 15 is 0 Å². The first-order valence-electron chi connectivity index (χ1n) is 8.33. The molecule has 112 valence electrons. The number of hydrogen-bond donors (Lipinski definition) is 1. The first-order chi connectivity index (χ1) is 10.4. The van der Waals surface area contributed by atoms with Gasteiger partial charge in [-0.1, -0.05) is 25.1 Å². The molecular weight excluding hydrogens is 260 g/mol. The lowest BCUT2D eigenvalue weighted by Gasteiger charge is -2.21. The molecule has 0 radical (unpaired) electrons. The zero-order chi connectivity index (χ0) is 14.2. The summed E-state index contributed by atoms with van der Waals surface area (Å²) in [6.45, 7) is 5.69. The molecule has 0 spiro atoms. The van der Waals surface area contributed by atoms with Crippen LogP contribution in [0.25, 0.3) is 11.0 Å². The van der Waals surface area contributed by atoms with Crippen molar-refractivity contribution < 1.29 is 4.42 Å². The Kier molecular flexibility index (Phi) is 3.48. The van der Waals surface area contributed by atoms with Crippen LogP contribution in [0.4, 0.5) is 0 Å². The minimum atomic E-state index is 0.658. The van der Waals surface area contributed by atoms with Crippen molar-refractivity contribution in [2.24, 2.45) is 0 Å². The molecule has 0 amide bonds. The normalized spacial score (nSPS) is 25.8. The van der Waals surface area contributed by atoms with Crippen LogP contribution in [0.15, 0.2) is 28.7 Å². The molecule has 1 N–H and O–H groups in total. The summed E-state index contributed by atoms with van der Waals surface area (Å²) in [7, 11) is 0. The molecule has 3 heterocycles. The first-order valence-corrected chi connectivity index (χ1v) is 8.33. The molecule has 0 bridgehead atoms. The topological polar surface area (TPSA) is 28.4 Å². The van der Waals surface area contributed by atoms with Crippen LogP contribution in [0.1, 0.15) is 37.5 Å². The third-order valence-corrected chi connectivity index (χ3v) is 5.25. The van der Waals surface area contributed by atoms with E-state index in [4.69, 9.17) is 4.42 Å². The summed E-state index contributed by atoms with van der Waals surface area (Å²) in [6.07, 6.45) is 5.00. The fourth-order valence-electron chi connectivity index (χ4n) is 4.18. The third kappa shape index (κ3) is 2.29. The summed E-state index contributed by atoms with van der Waals surface area (Å²) in [5.41, 5.74) is 2.39. The van der Waals surface area contributed by atoms with Crippen molar-refractivity contribution in [3.05, 3.63) is 35.6 Å². The predicted molar refractivity (Wildman–Crippen MR) is 85.4 cm³/mol. The molecule has 21 heavy (non-hydrogen) atoms. The van der Waals surface area contributed by atoms with Crippen molar-refractivity contribution in [2.75, 3.05) is 13.1 Å². The summed E-state index contributed by atoms with van der Waals surface area (Å²) in [5.74, 6) is 1.14. The van der Waals surface area contributed by atoms with Gasteiger partial charge in [-0.2, -0.15) is 0 Å². The Labute approximate surface area is 126 Å². The molecule has 2 atom stereocenters. The molecule has 0 saturated carbocycles. The van der Waals surface area contributed by atoms with E-state index in [0.717, 1.165) is 30.4 Å². The Bertz CT molecular complexity index is 633. The van der Waals surface area contributed by atoms with E-state index in [0.29, 0.717) is 6.04 Å². The Morgan fingerprint density at radius 2 is 2.14 bits per heavy atom. The summed E-state index contributed by atoms with van der Waals surface area (Å²) < 4.78 is 6.00. The smallest absolute Gasteiger partial charge is 0.134 e. The largest absolute Gasteiger partial charge is 0.461 e. The lowest BCUT2D eigenvalue weighted by atomic mass is 10.0. The number of aryl methyl sites for hydroxylation is 1. The molecule has 2 saturated heterocycles. The van der Waals surface area contributed by atoms with Gasteiger partial charge in [0.1, 0.15) is 11.3 Å². The maximum atomic E-state index is 6.00. The highest BCUT2D eigenvalue weighted by molar-refractivity contribution is 5.82. The molecule has 2 aromatic rings. The van der Waals surface area contributed by atoms with E-state index < -0.39 is 0 Å². The van der Waals surface area contributed by atoms with E-state index in [9.17, 15) is 0 Å². The Morgan fingerprint density at radius 3 is 3.05 bits per heavy atom. The second-order valence-corrected chi connectivity index (χ2v) is 6.38. The van der Waals surface area contributed by atoms with Crippen LogP contribution in [0.5, 0.6) is 0 Å². The molecule has 1 aromatic carbocycles. The summed E-state index contributed by atoms with van der Waals surface area (Å²) in [5, 5.41) is 5.10. The number of hydrogen-bond acceptors (Lipinski definition) is 3. The maximum absolute atomic E-state index is 6.00.